The smallest absolute Gasteiger partial charge is 0.311 e. The van der Waals surface area contributed by atoms with E-state index in [1.807, 2.05) is 0 Å². The molecular weight excluding hydrogens is 312 g/mol. The van der Waals surface area contributed by atoms with Crippen LogP contribution in [0.1, 0.15) is 0 Å². The van der Waals surface area contributed by atoms with E-state index in [0.29, 0.717) is 4.57 Å². The molecule has 110 valence electrons. The summed E-state index contributed by atoms with van der Waals surface area (Å²) < 4.78 is 5.12. The highest BCUT2D eigenvalue weighted by Gasteiger charge is 2.30. The van der Waals surface area contributed by atoms with E-state index in [1.54, 1.807) is 0 Å². The first kappa shape index (κ1) is 14.5. The highest BCUT2D eigenvalue weighted by molar-refractivity contribution is 6.15. The summed E-state index contributed by atoms with van der Waals surface area (Å²) in [5.74, 6) is -1.19. The van der Waals surface area contributed by atoms with Crippen molar-refractivity contribution in [3.63, 3.8) is 0 Å². The lowest BCUT2D eigenvalue weighted by atomic mass is 10.2. The predicted octanol–water partition coefficient (Wildman–Crippen LogP) is 0.605. The van der Waals surface area contributed by atoms with Gasteiger partial charge in [-0.25, -0.2) is 14.2 Å². The largest absolute Gasteiger partial charge is 0.444 e. The summed E-state index contributed by atoms with van der Waals surface area (Å²) >= 11 is 5.36. The maximum absolute atomic E-state index is 11.9. The van der Waals surface area contributed by atoms with Crippen molar-refractivity contribution in [3.05, 3.63) is 59.5 Å². The van der Waals surface area contributed by atoms with Crippen LogP contribution in [0.15, 0.2) is 32.3 Å². The van der Waals surface area contributed by atoms with Gasteiger partial charge in [-0.2, -0.15) is 0 Å². The van der Waals surface area contributed by atoms with Crippen LogP contribution in [-0.4, -0.2) is 19.2 Å². The summed E-state index contributed by atoms with van der Waals surface area (Å²) in [6, 6.07) is 2.38. The Morgan fingerprint density at radius 1 is 1.14 bits per heavy atom. The van der Waals surface area contributed by atoms with E-state index >= 15 is 0 Å². The van der Waals surface area contributed by atoms with Gasteiger partial charge in [-0.05, 0) is 6.07 Å². The fourth-order valence-electron chi connectivity index (χ4n) is 1.62. The normalized spacial score (nSPS) is 10.5. The lowest BCUT2D eigenvalue weighted by molar-refractivity contribution is -0.394. The van der Waals surface area contributed by atoms with Crippen molar-refractivity contribution in [1.29, 1.82) is 0 Å². The number of nitro benzene ring substituents is 2. The van der Waals surface area contributed by atoms with Crippen molar-refractivity contribution in [2.45, 2.75) is 6.00 Å². The first-order valence-electron chi connectivity index (χ1n) is 5.19. The summed E-state index contributed by atoms with van der Waals surface area (Å²) in [5.41, 5.74) is -3.44. The minimum Gasteiger partial charge on any atom is -0.311 e. The third-order valence-corrected chi connectivity index (χ3v) is 2.74. The van der Waals surface area contributed by atoms with E-state index in [9.17, 15) is 29.8 Å². The molecule has 0 amide bonds. The third kappa shape index (κ3) is 2.29. The number of benzene rings is 1. The van der Waals surface area contributed by atoms with Gasteiger partial charge >= 0.3 is 22.8 Å². The van der Waals surface area contributed by atoms with Crippen molar-refractivity contribution in [2.75, 3.05) is 0 Å². The molecule has 2 rings (SSSR count). The molecule has 0 saturated carbocycles. The van der Waals surface area contributed by atoms with Gasteiger partial charge in [0.25, 0.3) is 0 Å². The Labute approximate surface area is 118 Å². The Balaban J connectivity index is 2.91. The molecule has 0 fully saturated rings. The number of para-hydroxylation sites is 1. The van der Waals surface area contributed by atoms with Gasteiger partial charge in [0.15, 0.2) is 0 Å². The van der Waals surface area contributed by atoms with E-state index in [0.717, 1.165) is 18.2 Å². The first-order chi connectivity index (χ1) is 9.88. The zero-order valence-corrected chi connectivity index (χ0v) is 10.7. The summed E-state index contributed by atoms with van der Waals surface area (Å²) in [6.45, 7) is 0. The van der Waals surface area contributed by atoms with Crippen LogP contribution < -0.4 is 11.4 Å². The molecule has 0 atom stereocenters. The maximum Gasteiger partial charge on any atom is 0.444 e. The summed E-state index contributed by atoms with van der Waals surface area (Å²) in [4.78, 5) is 43.3. The molecule has 1 aromatic heterocycles. The van der Waals surface area contributed by atoms with Crippen molar-refractivity contribution in [3.8, 4) is 5.69 Å². The quantitative estimate of drug-likeness (QED) is 0.456. The molecule has 12 heteroatoms. The Kier molecular flexibility index (Phi) is 3.58. The number of rotatable bonds is 4. The summed E-state index contributed by atoms with van der Waals surface area (Å²) in [6.07, 6.45) is 0. The molecule has 11 nitrogen and oxygen atoms in total. The number of aromatic nitrogens is 2. The molecule has 0 aliphatic heterocycles. The van der Waals surface area contributed by atoms with Crippen LogP contribution in [0.5, 0.6) is 0 Å². The first-order valence-corrected chi connectivity index (χ1v) is 5.73. The van der Waals surface area contributed by atoms with Gasteiger partial charge in [-0.1, -0.05) is 0 Å². The van der Waals surface area contributed by atoms with Gasteiger partial charge in [0.05, 0.1) is 9.85 Å². The Morgan fingerprint density at radius 2 is 1.67 bits per heavy atom. The van der Waals surface area contributed by atoms with Crippen LogP contribution in [0.3, 0.4) is 0 Å². The fraction of sp³-hybridized carbons (Fsp3) is 0.111. The van der Waals surface area contributed by atoms with Crippen LogP contribution in [0.4, 0.5) is 11.4 Å². The van der Waals surface area contributed by atoms with E-state index < -0.39 is 44.4 Å². The number of alkyl halides is 1. The number of hydrogen-bond acceptors (Lipinski definition) is 7. The second kappa shape index (κ2) is 5.20. The van der Waals surface area contributed by atoms with Crippen molar-refractivity contribution in [1.82, 2.24) is 9.31 Å². The molecule has 1 heterocycles. The van der Waals surface area contributed by atoms with Crippen molar-refractivity contribution < 1.29 is 14.4 Å². The number of nitrogens with zero attached hydrogens (tertiary/aromatic N) is 4. The van der Waals surface area contributed by atoms with Gasteiger partial charge in [0, 0.05) is 12.1 Å². The second-order valence-corrected chi connectivity index (χ2v) is 3.88. The minimum absolute atomic E-state index is 0.182. The Bertz CT molecular complexity index is 816. The average molecular weight is 317 g/mol. The van der Waals surface area contributed by atoms with Gasteiger partial charge in [-0.15, -0.1) is 16.3 Å². The molecule has 0 bridgehead atoms. The van der Waals surface area contributed by atoms with Gasteiger partial charge in [0.1, 0.15) is 6.00 Å². The van der Waals surface area contributed by atoms with Crippen LogP contribution >= 0.6 is 11.6 Å². The van der Waals surface area contributed by atoms with Crippen LogP contribution in [0.2, 0.25) is 0 Å². The third-order valence-electron chi connectivity index (χ3n) is 2.50. The molecule has 0 radical (unpaired) electrons. The highest BCUT2D eigenvalue weighted by Crippen LogP contribution is 2.30. The van der Waals surface area contributed by atoms with E-state index in [4.69, 9.17) is 11.6 Å². The Hall–Kier alpha value is -2.95. The maximum atomic E-state index is 11.9. The Morgan fingerprint density at radius 3 is 2.05 bits per heavy atom. The molecule has 0 N–H and O–H groups in total. The van der Waals surface area contributed by atoms with E-state index in [2.05, 4.69) is 4.52 Å². The number of nitro groups is 2. The predicted molar refractivity (Wildman–Crippen MR) is 67.7 cm³/mol. The molecule has 0 saturated heterocycles. The fourth-order valence-corrected chi connectivity index (χ4v) is 1.82. The zero-order valence-electron chi connectivity index (χ0n) is 9.96. The van der Waals surface area contributed by atoms with Crippen LogP contribution in [0.25, 0.3) is 5.69 Å². The molecule has 0 unspecified atom stereocenters. The molecule has 21 heavy (non-hydrogen) atoms. The summed E-state index contributed by atoms with van der Waals surface area (Å²) in [5, 5.41) is 21.9. The van der Waals surface area contributed by atoms with Gasteiger partial charge in [0.2, 0.25) is 5.69 Å². The molecular formula is C9H5ClN4O7. The van der Waals surface area contributed by atoms with Gasteiger partial charge < -0.3 is 4.52 Å². The second-order valence-electron chi connectivity index (χ2n) is 3.64. The van der Waals surface area contributed by atoms with Crippen LogP contribution in [0, 0.1) is 20.2 Å². The molecule has 2 aromatic rings. The summed E-state index contributed by atoms with van der Waals surface area (Å²) in [7, 11) is 0. The molecule has 0 aliphatic carbocycles. The van der Waals surface area contributed by atoms with Crippen molar-refractivity contribution >= 4 is 23.0 Å². The van der Waals surface area contributed by atoms with E-state index in [1.165, 1.54) is 0 Å². The van der Waals surface area contributed by atoms with Gasteiger partial charge in [-0.3, -0.25) is 20.2 Å². The lowest BCUT2D eigenvalue weighted by Crippen LogP contribution is -2.27. The monoisotopic (exact) mass is 316 g/mol. The molecule has 0 aliphatic rings. The standard InChI is InChI=1S/C9H5ClN4O7/c10-4-11-8(15)12(21-9(11)16)7-5(13(17)18)2-1-3-6(7)14(19)20/h1-3H,4H2. The minimum atomic E-state index is -1.19. The van der Waals surface area contributed by atoms with Crippen LogP contribution in [-0.2, 0) is 6.00 Å². The van der Waals surface area contributed by atoms with E-state index in [-0.39, 0.29) is 4.74 Å². The topological polar surface area (TPSA) is 143 Å². The number of hydrogen-bond donors (Lipinski definition) is 0. The number of halogens is 1. The zero-order chi connectivity index (χ0) is 15.7. The molecule has 1 aromatic carbocycles. The SMILES string of the molecule is O=c1on(-c2c([N+](=O)[O-])cccc2[N+](=O)[O-])c(=O)n1CCl. The van der Waals surface area contributed by atoms with Crippen molar-refractivity contribution in [2.24, 2.45) is 0 Å². The highest BCUT2D eigenvalue weighted by atomic mass is 35.5. The molecule has 0 spiro atoms. The average Bonchev–Trinajstić information content (AvgIpc) is 2.72. The lowest BCUT2D eigenvalue weighted by Gasteiger charge is -2.01.